The molecule has 0 heterocycles. The second-order valence-electron chi connectivity index (χ2n) is 3.62. The summed E-state index contributed by atoms with van der Waals surface area (Å²) in [6.07, 6.45) is 11.2. The lowest BCUT2D eigenvalue weighted by atomic mass is 10.3. The van der Waals surface area contributed by atoms with Crippen LogP contribution in [0.4, 0.5) is 0 Å². The van der Waals surface area contributed by atoms with Crippen molar-refractivity contribution in [1.82, 2.24) is 5.09 Å². The van der Waals surface area contributed by atoms with Gasteiger partial charge in [-0.3, -0.25) is 5.09 Å². The summed E-state index contributed by atoms with van der Waals surface area (Å²) in [6.45, 7) is 4.55. The predicted molar refractivity (Wildman–Crippen MR) is 64.8 cm³/mol. The third-order valence-corrected chi connectivity index (χ3v) is 4.72. The fourth-order valence-corrected chi connectivity index (χ4v) is 3.32. The molecule has 0 aromatic heterocycles. The van der Waals surface area contributed by atoms with Crippen LogP contribution in [0.15, 0.2) is 0 Å². The lowest BCUT2D eigenvalue weighted by molar-refractivity contribution is 0.759. The molecule has 0 rings (SSSR count). The molecule has 80 valence electrons. The summed E-state index contributed by atoms with van der Waals surface area (Å²) < 4.78 is 0. The topological polar surface area (TPSA) is 12.0 Å². The average Bonchev–Trinajstić information content (AvgIpc) is 2.16. The Bertz CT molecular complexity index is 86.1. The van der Waals surface area contributed by atoms with E-state index in [0.29, 0.717) is 0 Å². The van der Waals surface area contributed by atoms with Crippen LogP contribution in [0.2, 0.25) is 0 Å². The predicted octanol–water partition coefficient (Wildman–Crippen LogP) is 3.98. The molecule has 0 radical (unpaired) electrons. The van der Waals surface area contributed by atoms with E-state index in [-0.39, 0.29) is 8.07 Å². The summed E-state index contributed by atoms with van der Waals surface area (Å²) in [5.41, 5.74) is 0. The fourth-order valence-electron chi connectivity index (χ4n) is 1.44. The van der Waals surface area contributed by atoms with E-state index in [0.717, 1.165) is 0 Å². The third-order valence-electron chi connectivity index (χ3n) is 2.38. The highest BCUT2D eigenvalue weighted by atomic mass is 31.1. The van der Waals surface area contributed by atoms with E-state index in [2.05, 4.69) is 26.0 Å². The van der Waals surface area contributed by atoms with Crippen LogP contribution >= 0.6 is 8.07 Å². The van der Waals surface area contributed by atoms with Gasteiger partial charge in [0.1, 0.15) is 0 Å². The van der Waals surface area contributed by atoms with Gasteiger partial charge in [0.15, 0.2) is 0 Å². The van der Waals surface area contributed by atoms with Gasteiger partial charge in [-0.25, -0.2) is 0 Å². The van der Waals surface area contributed by atoms with E-state index in [1.165, 1.54) is 50.8 Å². The number of nitrogens with one attached hydrogen (secondary N) is 1. The van der Waals surface area contributed by atoms with Gasteiger partial charge < -0.3 is 0 Å². The second-order valence-corrected chi connectivity index (χ2v) is 6.05. The molecule has 2 heteroatoms. The van der Waals surface area contributed by atoms with E-state index < -0.39 is 0 Å². The Labute approximate surface area is 85.5 Å². The van der Waals surface area contributed by atoms with Crippen molar-refractivity contribution in [1.29, 1.82) is 0 Å². The smallest absolute Gasteiger partial charge is 0.0125 e. The molecule has 0 aliphatic heterocycles. The summed E-state index contributed by atoms with van der Waals surface area (Å²) >= 11 is 0. The lowest BCUT2D eigenvalue weighted by Crippen LogP contribution is -2.05. The van der Waals surface area contributed by atoms with Crippen molar-refractivity contribution in [3.8, 4) is 0 Å². The molecule has 0 fully saturated rings. The minimum atomic E-state index is 0.168. The highest BCUT2D eigenvalue weighted by Gasteiger charge is 2.03. The van der Waals surface area contributed by atoms with Gasteiger partial charge in [0, 0.05) is 0 Å². The molecule has 0 spiro atoms. The van der Waals surface area contributed by atoms with E-state index in [1.807, 2.05) is 0 Å². The molecular weight excluding hydrogens is 177 g/mol. The molecule has 0 bridgehead atoms. The van der Waals surface area contributed by atoms with E-state index in [9.17, 15) is 0 Å². The van der Waals surface area contributed by atoms with Crippen LogP contribution in [0.25, 0.3) is 0 Å². The minimum absolute atomic E-state index is 0.168. The number of unbranched alkanes of at least 4 members (excludes halogenated alkanes) is 4. The summed E-state index contributed by atoms with van der Waals surface area (Å²) in [5, 5.41) is 3.48. The standard InChI is InChI=1S/C11H26NP/c1-4-6-8-10-13(12-3)11-9-7-5-2/h12H,4-11H2,1-3H3. The Balaban J connectivity index is 3.28. The monoisotopic (exact) mass is 203 g/mol. The van der Waals surface area contributed by atoms with Gasteiger partial charge >= 0.3 is 0 Å². The van der Waals surface area contributed by atoms with Crippen LogP contribution in [0.1, 0.15) is 52.4 Å². The van der Waals surface area contributed by atoms with Crippen molar-refractivity contribution in [2.24, 2.45) is 0 Å². The molecule has 0 aliphatic carbocycles. The maximum atomic E-state index is 3.48. The number of hydrogen-bond acceptors (Lipinski definition) is 1. The zero-order valence-corrected chi connectivity index (χ0v) is 10.5. The van der Waals surface area contributed by atoms with Crippen molar-refractivity contribution in [2.45, 2.75) is 52.4 Å². The Morgan fingerprint density at radius 1 is 0.846 bits per heavy atom. The van der Waals surface area contributed by atoms with Gasteiger partial charge in [-0.05, 0) is 40.3 Å². The first-order valence-corrected chi connectivity index (χ1v) is 7.48. The Morgan fingerprint density at radius 2 is 1.31 bits per heavy atom. The summed E-state index contributed by atoms with van der Waals surface area (Å²) in [6, 6.07) is 0. The van der Waals surface area contributed by atoms with Gasteiger partial charge in [0.05, 0.1) is 0 Å². The van der Waals surface area contributed by atoms with Crippen molar-refractivity contribution in [3.63, 3.8) is 0 Å². The molecule has 0 saturated carbocycles. The van der Waals surface area contributed by atoms with Crippen LogP contribution in [0, 0.1) is 0 Å². The first-order chi connectivity index (χ1) is 6.35. The SMILES string of the molecule is CCCCCP(CCCCC)NC. The highest BCUT2D eigenvalue weighted by Crippen LogP contribution is 2.32. The maximum absolute atomic E-state index is 3.48. The summed E-state index contributed by atoms with van der Waals surface area (Å²) in [5.74, 6) is 0. The molecule has 0 unspecified atom stereocenters. The van der Waals surface area contributed by atoms with E-state index in [1.54, 1.807) is 0 Å². The van der Waals surface area contributed by atoms with E-state index >= 15 is 0 Å². The Morgan fingerprint density at radius 3 is 1.62 bits per heavy atom. The molecule has 0 aliphatic rings. The fraction of sp³-hybridized carbons (Fsp3) is 1.00. The molecular formula is C11H26NP. The van der Waals surface area contributed by atoms with Crippen LogP contribution in [0.3, 0.4) is 0 Å². The number of rotatable bonds is 9. The molecule has 1 N–H and O–H groups in total. The van der Waals surface area contributed by atoms with Crippen molar-refractivity contribution >= 4 is 8.07 Å². The van der Waals surface area contributed by atoms with Crippen LogP contribution < -0.4 is 5.09 Å². The Kier molecular flexibility index (Phi) is 10.8. The molecule has 0 saturated heterocycles. The minimum Gasteiger partial charge on any atom is -0.299 e. The summed E-state index contributed by atoms with van der Waals surface area (Å²) in [7, 11) is 2.30. The lowest BCUT2D eigenvalue weighted by Gasteiger charge is -2.15. The van der Waals surface area contributed by atoms with Crippen LogP contribution in [-0.4, -0.2) is 19.4 Å². The van der Waals surface area contributed by atoms with Crippen molar-refractivity contribution in [2.75, 3.05) is 19.4 Å². The average molecular weight is 203 g/mol. The van der Waals surface area contributed by atoms with Crippen molar-refractivity contribution < 1.29 is 0 Å². The molecule has 1 nitrogen and oxygen atoms in total. The van der Waals surface area contributed by atoms with E-state index in [4.69, 9.17) is 0 Å². The molecule has 0 atom stereocenters. The molecule has 0 aromatic rings. The molecule has 13 heavy (non-hydrogen) atoms. The van der Waals surface area contributed by atoms with Gasteiger partial charge in [-0.1, -0.05) is 39.5 Å². The van der Waals surface area contributed by atoms with Crippen LogP contribution in [0.5, 0.6) is 0 Å². The van der Waals surface area contributed by atoms with Gasteiger partial charge in [-0.15, -0.1) is 0 Å². The maximum Gasteiger partial charge on any atom is -0.0125 e. The quantitative estimate of drug-likeness (QED) is 0.441. The largest absolute Gasteiger partial charge is 0.299 e. The third kappa shape index (κ3) is 8.71. The molecule has 0 amide bonds. The zero-order chi connectivity index (χ0) is 9.94. The Hall–Kier alpha value is 0.390. The van der Waals surface area contributed by atoms with Crippen molar-refractivity contribution in [3.05, 3.63) is 0 Å². The zero-order valence-electron chi connectivity index (χ0n) is 9.60. The van der Waals surface area contributed by atoms with Crippen LogP contribution in [-0.2, 0) is 0 Å². The number of hydrogen-bond donors (Lipinski definition) is 1. The second kappa shape index (κ2) is 10.5. The summed E-state index contributed by atoms with van der Waals surface area (Å²) in [4.78, 5) is 0. The normalized spacial score (nSPS) is 11.1. The molecule has 0 aromatic carbocycles. The van der Waals surface area contributed by atoms with Gasteiger partial charge in [0.25, 0.3) is 0 Å². The van der Waals surface area contributed by atoms with Gasteiger partial charge in [0.2, 0.25) is 0 Å². The first kappa shape index (κ1) is 13.4. The first-order valence-electron chi connectivity index (χ1n) is 5.77. The van der Waals surface area contributed by atoms with Gasteiger partial charge in [-0.2, -0.15) is 0 Å². The highest BCUT2D eigenvalue weighted by molar-refractivity contribution is 7.55.